The van der Waals surface area contributed by atoms with Crippen LogP contribution in [0.15, 0.2) is 12.7 Å². The Labute approximate surface area is 107 Å². The van der Waals surface area contributed by atoms with Gasteiger partial charge in [0, 0.05) is 31.2 Å². The van der Waals surface area contributed by atoms with Gasteiger partial charge in [0.25, 0.3) is 0 Å². The molecule has 0 bridgehead atoms. The summed E-state index contributed by atoms with van der Waals surface area (Å²) >= 11 is 0. The summed E-state index contributed by atoms with van der Waals surface area (Å²) in [5.41, 5.74) is 0. The van der Waals surface area contributed by atoms with Gasteiger partial charge in [0.15, 0.2) is 0 Å². The molecule has 0 aliphatic carbocycles. The number of hydrogen-bond acceptors (Lipinski definition) is 2. The van der Waals surface area contributed by atoms with E-state index in [9.17, 15) is 0 Å². The molecule has 0 aromatic heterocycles. The first-order valence-corrected chi connectivity index (χ1v) is 7.23. The Bertz CT molecular complexity index is 227. The fourth-order valence-corrected chi connectivity index (χ4v) is 2.81. The Morgan fingerprint density at radius 2 is 2.12 bits per heavy atom. The molecule has 2 nitrogen and oxygen atoms in total. The molecule has 1 rings (SSSR count). The van der Waals surface area contributed by atoms with E-state index in [1.165, 1.54) is 19.4 Å². The van der Waals surface area contributed by atoms with Crippen LogP contribution in [0.1, 0.15) is 47.0 Å². The van der Waals surface area contributed by atoms with E-state index in [2.05, 4.69) is 50.6 Å². The van der Waals surface area contributed by atoms with Crippen LogP contribution in [-0.4, -0.2) is 36.1 Å². The zero-order valence-corrected chi connectivity index (χ0v) is 12.1. The lowest BCUT2D eigenvalue weighted by Crippen LogP contribution is -2.60. The van der Waals surface area contributed by atoms with Crippen LogP contribution in [0.4, 0.5) is 0 Å². The topological polar surface area (TPSA) is 15.3 Å². The maximum absolute atomic E-state index is 3.87. The van der Waals surface area contributed by atoms with Gasteiger partial charge < -0.3 is 5.32 Å². The molecule has 1 N–H and O–H groups in total. The zero-order valence-electron chi connectivity index (χ0n) is 12.1. The highest BCUT2D eigenvalue weighted by Gasteiger charge is 2.31. The Morgan fingerprint density at radius 3 is 2.65 bits per heavy atom. The van der Waals surface area contributed by atoms with Gasteiger partial charge in [0.05, 0.1) is 0 Å². The molecule has 2 heteroatoms. The lowest BCUT2D eigenvalue weighted by Gasteiger charge is -2.45. The average molecular weight is 238 g/mol. The number of nitrogens with one attached hydrogen (secondary N) is 1. The normalized spacial score (nSPS) is 29.9. The molecule has 0 spiro atoms. The minimum absolute atomic E-state index is 0.631. The highest BCUT2D eigenvalue weighted by atomic mass is 15.3. The first kappa shape index (κ1) is 14.7. The van der Waals surface area contributed by atoms with Crippen LogP contribution >= 0.6 is 0 Å². The average Bonchev–Trinajstić information content (AvgIpc) is 2.37. The number of hydrogen-bond donors (Lipinski definition) is 1. The van der Waals surface area contributed by atoms with E-state index in [0.29, 0.717) is 18.1 Å². The van der Waals surface area contributed by atoms with E-state index in [1.54, 1.807) is 0 Å². The van der Waals surface area contributed by atoms with Crippen molar-refractivity contribution in [3.05, 3.63) is 12.7 Å². The van der Waals surface area contributed by atoms with Crippen molar-refractivity contribution >= 4 is 0 Å². The Hall–Kier alpha value is -0.340. The molecule has 0 radical (unpaired) electrons. The minimum Gasteiger partial charge on any atom is -0.311 e. The van der Waals surface area contributed by atoms with Crippen molar-refractivity contribution < 1.29 is 0 Å². The lowest BCUT2D eigenvalue weighted by atomic mass is 9.93. The molecule has 0 aromatic carbocycles. The van der Waals surface area contributed by atoms with E-state index in [4.69, 9.17) is 0 Å². The second-order valence-electron chi connectivity index (χ2n) is 5.53. The van der Waals surface area contributed by atoms with Gasteiger partial charge >= 0.3 is 0 Å². The summed E-state index contributed by atoms with van der Waals surface area (Å²) in [5.74, 6) is 0.770. The zero-order chi connectivity index (χ0) is 12.8. The Kier molecular flexibility index (Phi) is 6.21. The standard InChI is InChI=1S/C15H30N2/c1-6-9-13(5)17-11-15(12(4)7-2)16-10-14(17)8-3/h6,12-16H,1,7-11H2,2-5H3. The van der Waals surface area contributed by atoms with Gasteiger partial charge in [-0.2, -0.15) is 0 Å². The molecular formula is C15H30N2. The van der Waals surface area contributed by atoms with Crippen molar-refractivity contribution in [3.8, 4) is 0 Å². The third-order valence-electron chi connectivity index (χ3n) is 4.37. The number of rotatable bonds is 6. The number of piperazine rings is 1. The molecule has 1 saturated heterocycles. The quantitative estimate of drug-likeness (QED) is 0.716. The van der Waals surface area contributed by atoms with Gasteiger partial charge in [-0.25, -0.2) is 0 Å². The fourth-order valence-electron chi connectivity index (χ4n) is 2.81. The largest absolute Gasteiger partial charge is 0.311 e. The SMILES string of the molecule is C=CCC(C)N1CC(C(C)CC)NCC1CC. The summed E-state index contributed by atoms with van der Waals surface area (Å²) in [6, 6.07) is 1.99. The minimum atomic E-state index is 0.631. The summed E-state index contributed by atoms with van der Waals surface area (Å²) < 4.78 is 0. The molecule has 0 amide bonds. The molecule has 100 valence electrons. The molecule has 1 fully saturated rings. The van der Waals surface area contributed by atoms with Crippen molar-refractivity contribution in [2.75, 3.05) is 13.1 Å². The molecule has 1 aliphatic heterocycles. The Morgan fingerprint density at radius 1 is 1.41 bits per heavy atom. The van der Waals surface area contributed by atoms with Crippen LogP contribution in [0, 0.1) is 5.92 Å². The number of nitrogens with zero attached hydrogens (tertiary/aromatic N) is 1. The van der Waals surface area contributed by atoms with Crippen LogP contribution in [0.2, 0.25) is 0 Å². The fraction of sp³-hybridized carbons (Fsp3) is 0.867. The third-order valence-corrected chi connectivity index (χ3v) is 4.37. The highest BCUT2D eigenvalue weighted by molar-refractivity contribution is 4.91. The van der Waals surface area contributed by atoms with E-state index < -0.39 is 0 Å². The smallest absolute Gasteiger partial charge is 0.0221 e. The summed E-state index contributed by atoms with van der Waals surface area (Å²) in [7, 11) is 0. The van der Waals surface area contributed by atoms with Crippen molar-refractivity contribution in [1.82, 2.24) is 10.2 Å². The summed E-state index contributed by atoms with van der Waals surface area (Å²) in [6.07, 6.45) is 5.65. The van der Waals surface area contributed by atoms with Gasteiger partial charge in [-0.1, -0.05) is 33.3 Å². The van der Waals surface area contributed by atoms with Gasteiger partial charge in [-0.3, -0.25) is 4.90 Å². The molecule has 4 unspecified atom stereocenters. The molecule has 4 atom stereocenters. The van der Waals surface area contributed by atoms with Crippen molar-refractivity contribution in [2.24, 2.45) is 5.92 Å². The first-order chi connectivity index (χ1) is 8.13. The highest BCUT2D eigenvalue weighted by Crippen LogP contribution is 2.20. The van der Waals surface area contributed by atoms with Crippen LogP contribution < -0.4 is 5.32 Å². The van der Waals surface area contributed by atoms with E-state index >= 15 is 0 Å². The maximum Gasteiger partial charge on any atom is 0.0221 e. The van der Waals surface area contributed by atoms with Crippen LogP contribution in [0.25, 0.3) is 0 Å². The van der Waals surface area contributed by atoms with Crippen LogP contribution in [-0.2, 0) is 0 Å². The maximum atomic E-state index is 3.87. The van der Waals surface area contributed by atoms with Crippen LogP contribution in [0.5, 0.6) is 0 Å². The van der Waals surface area contributed by atoms with Gasteiger partial charge in [0.2, 0.25) is 0 Å². The second-order valence-corrected chi connectivity index (χ2v) is 5.53. The third kappa shape index (κ3) is 3.82. The second kappa shape index (κ2) is 7.17. The van der Waals surface area contributed by atoms with E-state index in [-0.39, 0.29) is 0 Å². The summed E-state index contributed by atoms with van der Waals surface area (Å²) in [5, 5.41) is 3.73. The van der Waals surface area contributed by atoms with Gasteiger partial charge in [-0.05, 0) is 25.7 Å². The van der Waals surface area contributed by atoms with E-state index in [0.717, 1.165) is 18.9 Å². The lowest BCUT2D eigenvalue weighted by molar-refractivity contribution is 0.0719. The van der Waals surface area contributed by atoms with E-state index in [1.807, 2.05) is 0 Å². The summed E-state index contributed by atoms with van der Waals surface area (Å²) in [4.78, 5) is 2.69. The molecule has 1 heterocycles. The molecule has 1 aliphatic rings. The predicted octanol–water partition coefficient (Wildman–Crippen LogP) is 3.05. The van der Waals surface area contributed by atoms with Crippen LogP contribution in [0.3, 0.4) is 0 Å². The van der Waals surface area contributed by atoms with Crippen molar-refractivity contribution in [3.63, 3.8) is 0 Å². The van der Waals surface area contributed by atoms with Gasteiger partial charge in [-0.15, -0.1) is 6.58 Å². The monoisotopic (exact) mass is 238 g/mol. The first-order valence-electron chi connectivity index (χ1n) is 7.23. The predicted molar refractivity (Wildman–Crippen MR) is 76.3 cm³/mol. The van der Waals surface area contributed by atoms with Gasteiger partial charge in [0.1, 0.15) is 0 Å². The molecule has 0 aromatic rings. The molecular weight excluding hydrogens is 208 g/mol. The molecule has 0 saturated carbocycles. The van der Waals surface area contributed by atoms with Crippen molar-refractivity contribution in [1.29, 1.82) is 0 Å². The Balaban J connectivity index is 2.64. The molecule has 17 heavy (non-hydrogen) atoms. The van der Waals surface area contributed by atoms with Crippen molar-refractivity contribution in [2.45, 2.75) is 65.1 Å². The summed E-state index contributed by atoms with van der Waals surface area (Å²) in [6.45, 7) is 15.5.